The van der Waals surface area contributed by atoms with Gasteiger partial charge in [-0.3, -0.25) is 4.99 Å². The molecular weight excluding hydrogens is 500 g/mol. The van der Waals surface area contributed by atoms with Gasteiger partial charge in [-0.25, -0.2) is 4.39 Å². The summed E-state index contributed by atoms with van der Waals surface area (Å²) in [6.45, 7) is 5.80. The molecule has 1 aliphatic rings. The minimum absolute atomic E-state index is 0. The van der Waals surface area contributed by atoms with Crippen molar-refractivity contribution >= 4 is 29.9 Å². The van der Waals surface area contributed by atoms with Crippen LogP contribution in [0.4, 0.5) is 4.39 Å². The number of nitrogens with one attached hydrogen (secondary N) is 2. The van der Waals surface area contributed by atoms with Crippen LogP contribution in [0.25, 0.3) is 0 Å². The summed E-state index contributed by atoms with van der Waals surface area (Å²) in [5.74, 6) is 1.96. The van der Waals surface area contributed by atoms with Crippen LogP contribution in [-0.2, 0) is 17.8 Å². The summed E-state index contributed by atoms with van der Waals surface area (Å²) in [6, 6.07) is 10.9. The zero-order valence-electron chi connectivity index (χ0n) is 17.5. The lowest BCUT2D eigenvalue weighted by molar-refractivity contribution is -0.0172. The van der Waals surface area contributed by atoms with Gasteiger partial charge >= 0.3 is 0 Å². The monoisotopic (exact) mass is 529 g/mol. The van der Waals surface area contributed by atoms with E-state index in [1.807, 2.05) is 38.1 Å². The van der Waals surface area contributed by atoms with E-state index >= 15 is 0 Å². The highest BCUT2D eigenvalue weighted by molar-refractivity contribution is 14.0. The second-order valence-corrected chi connectivity index (χ2v) is 7.04. The lowest BCUT2D eigenvalue weighted by Crippen LogP contribution is -2.42. The maximum atomic E-state index is 13.8. The van der Waals surface area contributed by atoms with Crippen molar-refractivity contribution in [1.29, 1.82) is 0 Å². The normalized spacial score (nSPS) is 14.1. The molecule has 2 aromatic rings. The van der Waals surface area contributed by atoms with Crippen LogP contribution in [0.15, 0.2) is 41.4 Å². The molecule has 0 radical (unpaired) electrons. The number of hydrogen-bond acceptors (Lipinski definition) is 4. The largest absolute Gasteiger partial charge is 0.489 e. The SMILES string of the molecule is CN=C(NCCc1cc(F)cc2c1OCOC2)NCC(C)Oc1cccc(C)c1.I. The molecule has 164 valence electrons. The number of guanidine groups is 1. The van der Waals surface area contributed by atoms with E-state index in [-0.39, 0.29) is 42.7 Å². The highest BCUT2D eigenvalue weighted by Gasteiger charge is 2.17. The van der Waals surface area contributed by atoms with Gasteiger partial charge in [-0.1, -0.05) is 12.1 Å². The number of nitrogens with zero attached hydrogens (tertiary/aromatic N) is 1. The highest BCUT2D eigenvalue weighted by atomic mass is 127. The molecule has 3 rings (SSSR count). The molecule has 8 heteroatoms. The zero-order valence-corrected chi connectivity index (χ0v) is 19.9. The van der Waals surface area contributed by atoms with Crippen LogP contribution < -0.4 is 20.1 Å². The van der Waals surface area contributed by atoms with Gasteiger partial charge in [0, 0.05) is 19.2 Å². The first-order valence-corrected chi connectivity index (χ1v) is 9.75. The van der Waals surface area contributed by atoms with Crippen LogP contribution in [-0.4, -0.2) is 39.0 Å². The fraction of sp³-hybridized carbons (Fsp3) is 0.409. The molecule has 1 aliphatic heterocycles. The molecule has 0 saturated carbocycles. The molecule has 2 N–H and O–H groups in total. The van der Waals surface area contributed by atoms with Gasteiger partial charge in [-0.05, 0) is 55.7 Å². The molecular formula is C22H29FIN3O3. The predicted octanol–water partition coefficient (Wildman–Crippen LogP) is 3.79. The van der Waals surface area contributed by atoms with E-state index < -0.39 is 0 Å². The Morgan fingerprint density at radius 2 is 2.10 bits per heavy atom. The standard InChI is InChI=1S/C22H28FN3O3.HI/c1-15-5-4-6-20(9-15)29-16(2)12-26-22(24-3)25-8-7-17-10-19(23)11-18-13-27-14-28-21(17)18;/h4-6,9-11,16H,7-8,12-14H2,1-3H3,(H2,24,25,26);1H. The van der Waals surface area contributed by atoms with E-state index in [9.17, 15) is 4.39 Å². The maximum absolute atomic E-state index is 13.8. The summed E-state index contributed by atoms with van der Waals surface area (Å²) in [5, 5.41) is 6.50. The molecule has 1 heterocycles. The Balaban J connectivity index is 0.00000320. The topological polar surface area (TPSA) is 64.1 Å². The first-order valence-electron chi connectivity index (χ1n) is 9.75. The molecule has 2 aromatic carbocycles. The number of halogens is 2. The number of hydrogen-bond donors (Lipinski definition) is 2. The van der Waals surface area contributed by atoms with Crippen LogP contribution in [0.1, 0.15) is 23.6 Å². The zero-order chi connectivity index (χ0) is 20.6. The molecule has 1 atom stereocenters. The van der Waals surface area contributed by atoms with Gasteiger partial charge in [0.05, 0.1) is 13.2 Å². The Bertz CT molecular complexity index is 864. The summed E-state index contributed by atoms with van der Waals surface area (Å²) in [4.78, 5) is 4.23. The van der Waals surface area contributed by atoms with E-state index in [2.05, 4.69) is 15.6 Å². The van der Waals surface area contributed by atoms with Crippen molar-refractivity contribution in [3.05, 3.63) is 58.9 Å². The third kappa shape index (κ3) is 7.02. The Hall–Kier alpha value is -2.07. The Kier molecular flexibility index (Phi) is 9.64. The van der Waals surface area contributed by atoms with Crippen molar-refractivity contribution in [3.63, 3.8) is 0 Å². The molecule has 0 spiro atoms. The van der Waals surface area contributed by atoms with Crippen LogP contribution >= 0.6 is 24.0 Å². The van der Waals surface area contributed by atoms with Crippen LogP contribution in [0.5, 0.6) is 11.5 Å². The Morgan fingerprint density at radius 1 is 1.27 bits per heavy atom. The van der Waals surface area contributed by atoms with Crippen molar-refractivity contribution in [2.24, 2.45) is 4.99 Å². The summed E-state index contributed by atoms with van der Waals surface area (Å²) in [6.07, 6.45) is 0.579. The van der Waals surface area contributed by atoms with Crippen molar-refractivity contribution in [2.75, 3.05) is 26.9 Å². The summed E-state index contributed by atoms with van der Waals surface area (Å²) < 4.78 is 30.5. The van der Waals surface area contributed by atoms with Gasteiger partial charge in [0.15, 0.2) is 12.8 Å². The van der Waals surface area contributed by atoms with Gasteiger partial charge in [-0.2, -0.15) is 0 Å². The summed E-state index contributed by atoms with van der Waals surface area (Å²) >= 11 is 0. The minimum Gasteiger partial charge on any atom is -0.489 e. The van der Waals surface area contributed by atoms with Crippen molar-refractivity contribution < 1.29 is 18.6 Å². The van der Waals surface area contributed by atoms with Crippen LogP contribution in [0.2, 0.25) is 0 Å². The Morgan fingerprint density at radius 3 is 2.87 bits per heavy atom. The fourth-order valence-electron chi connectivity index (χ4n) is 3.18. The maximum Gasteiger partial charge on any atom is 0.191 e. The summed E-state index contributed by atoms with van der Waals surface area (Å²) in [5.41, 5.74) is 2.73. The van der Waals surface area contributed by atoms with E-state index in [1.54, 1.807) is 7.05 Å². The lowest BCUT2D eigenvalue weighted by Gasteiger charge is -2.21. The molecule has 6 nitrogen and oxygen atoms in total. The molecule has 0 aromatic heterocycles. The highest BCUT2D eigenvalue weighted by Crippen LogP contribution is 2.29. The number of rotatable bonds is 7. The molecule has 0 fully saturated rings. The van der Waals surface area contributed by atoms with Gasteiger partial charge in [0.25, 0.3) is 0 Å². The van der Waals surface area contributed by atoms with Crippen molar-refractivity contribution in [1.82, 2.24) is 10.6 Å². The van der Waals surface area contributed by atoms with E-state index in [0.29, 0.717) is 32.1 Å². The average Bonchev–Trinajstić information content (AvgIpc) is 2.70. The number of ether oxygens (including phenoxy) is 3. The first kappa shape index (κ1) is 24.2. The average molecular weight is 529 g/mol. The van der Waals surface area contributed by atoms with Gasteiger partial charge in [-0.15, -0.1) is 24.0 Å². The first-order chi connectivity index (χ1) is 14.0. The molecule has 0 bridgehead atoms. The predicted molar refractivity (Wildman–Crippen MR) is 126 cm³/mol. The fourth-order valence-corrected chi connectivity index (χ4v) is 3.18. The minimum atomic E-state index is -0.280. The van der Waals surface area contributed by atoms with Gasteiger partial charge in [0.1, 0.15) is 23.4 Å². The smallest absolute Gasteiger partial charge is 0.191 e. The molecule has 30 heavy (non-hydrogen) atoms. The number of fused-ring (bicyclic) bond motifs is 1. The van der Waals surface area contributed by atoms with E-state index in [1.165, 1.54) is 12.1 Å². The van der Waals surface area contributed by atoms with E-state index in [4.69, 9.17) is 14.2 Å². The third-order valence-corrected chi connectivity index (χ3v) is 4.55. The second-order valence-electron chi connectivity index (χ2n) is 7.04. The van der Waals surface area contributed by atoms with Crippen molar-refractivity contribution in [3.8, 4) is 11.5 Å². The third-order valence-electron chi connectivity index (χ3n) is 4.55. The molecule has 0 aliphatic carbocycles. The second kappa shape index (κ2) is 11.9. The van der Waals surface area contributed by atoms with E-state index in [0.717, 1.165) is 28.2 Å². The Labute approximate surface area is 194 Å². The van der Waals surface area contributed by atoms with Crippen LogP contribution in [0.3, 0.4) is 0 Å². The van der Waals surface area contributed by atoms with Crippen LogP contribution in [0, 0.1) is 12.7 Å². The molecule has 0 saturated heterocycles. The summed E-state index contributed by atoms with van der Waals surface area (Å²) in [7, 11) is 1.71. The number of aryl methyl sites for hydroxylation is 1. The van der Waals surface area contributed by atoms with Gasteiger partial charge in [0.2, 0.25) is 0 Å². The molecule has 0 amide bonds. The lowest BCUT2D eigenvalue weighted by atomic mass is 10.1. The molecule has 1 unspecified atom stereocenters. The quantitative estimate of drug-likeness (QED) is 0.325. The van der Waals surface area contributed by atoms with Gasteiger partial charge < -0.3 is 24.8 Å². The van der Waals surface area contributed by atoms with Crippen molar-refractivity contribution in [2.45, 2.75) is 33.0 Å². The number of benzene rings is 2. The number of aliphatic imine (C=N–C) groups is 1.